The van der Waals surface area contributed by atoms with E-state index in [9.17, 15) is 4.79 Å². The van der Waals surface area contributed by atoms with E-state index in [4.69, 9.17) is 11.6 Å². The van der Waals surface area contributed by atoms with Crippen LogP contribution < -0.4 is 0 Å². The smallest absolute Gasteiger partial charge is 0.178 e. The van der Waals surface area contributed by atoms with Gasteiger partial charge in [0.05, 0.1) is 11.6 Å². The molecule has 1 saturated heterocycles. The summed E-state index contributed by atoms with van der Waals surface area (Å²) in [5.41, 5.74) is 1.84. The van der Waals surface area contributed by atoms with Crippen molar-refractivity contribution in [2.45, 2.75) is 26.2 Å². The second-order valence-electron chi connectivity index (χ2n) is 4.57. The van der Waals surface area contributed by atoms with Crippen molar-refractivity contribution in [3.63, 3.8) is 0 Å². The molecule has 3 heteroatoms. The molecular weight excluding hydrogens is 234 g/mol. The fraction of sp³-hybridized carbons (Fsp3) is 0.500. The summed E-state index contributed by atoms with van der Waals surface area (Å²) in [6.45, 7) is 4.67. The SMILES string of the molecule is CCc1ccc(Cl)c(C(=O)CN2CCCC2)c1. The molecule has 0 aliphatic carbocycles. The molecule has 2 nitrogen and oxygen atoms in total. The molecule has 1 heterocycles. The van der Waals surface area contributed by atoms with Crippen LogP contribution in [-0.2, 0) is 6.42 Å². The largest absolute Gasteiger partial charge is 0.296 e. The number of rotatable bonds is 4. The molecule has 0 atom stereocenters. The van der Waals surface area contributed by atoms with Gasteiger partial charge in [0.15, 0.2) is 5.78 Å². The third-order valence-electron chi connectivity index (χ3n) is 3.31. The maximum Gasteiger partial charge on any atom is 0.178 e. The minimum Gasteiger partial charge on any atom is -0.296 e. The fourth-order valence-electron chi connectivity index (χ4n) is 2.24. The van der Waals surface area contributed by atoms with Crippen molar-refractivity contribution in [1.29, 1.82) is 0 Å². The minimum absolute atomic E-state index is 0.146. The zero-order chi connectivity index (χ0) is 12.3. The number of hydrogen-bond donors (Lipinski definition) is 0. The van der Waals surface area contributed by atoms with Gasteiger partial charge >= 0.3 is 0 Å². The van der Waals surface area contributed by atoms with Gasteiger partial charge in [0.1, 0.15) is 0 Å². The van der Waals surface area contributed by atoms with Crippen LogP contribution in [0.2, 0.25) is 5.02 Å². The molecule has 92 valence electrons. The number of carbonyl (C=O) groups is 1. The second kappa shape index (κ2) is 5.65. The summed E-state index contributed by atoms with van der Waals surface area (Å²) in [5.74, 6) is 0.146. The normalized spacial score (nSPS) is 16.4. The Morgan fingerprint density at radius 3 is 2.71 bits per heavy atom. The van der Waals surface area contributed by atoms with Crippen molar-refractivity contribution in [3.8, 4) is 0 Å². The van der Waals surface area contributed by atoms with Crippen LogP contribution in [0.4, 0.5) is 0 Å². The fourth-order valence-corrected chi connectivity index (χ4v) is 2.46. The average molecular weight is 252 g/mol. The van der Waals surface area contributed by atoms with Gasteiger partial charge in [-0.25, -0.2) is 0 Å². The second-order valence-corrected chi connectivity index (χ2v) is 4.98. The first-order valence-electron chi connectivity index (χ1n) is 6.24. The van der Waals surface area contributed by atoms with E-state index in [1.165, 1.54) is 18.4 Å². The third kappa shape index (κ3) is 3.08. The third-order valence-corrected chi connectivity index (χ3v) is 3.63. The molecule has 1 aromatic carbocycles. The van der Waals surface area contributed by atoms with Gasteiger partial charge in [0.2, 0.25) is 0 Å². The standard InChI is InChI=1S/C14H18ClNO/c1-2-11-5-6-13(15)12(9-11)14(17)10-16-7-3-4-8-16/h5-6,9H,2-4,7-8,10H2,1H3. The Morgan fingerprint density at radius 1 is 1.35 bits per heavy atom. The molecule has 0 unspecified atom stereocenters. The first-order valence-corrected chi connectivity index (χ1v) is 6.62. The van der Waals surface area contributed by atoms with E-state index in [1.54, 1.807) is 0 Å². The Kier molecular flexibility index (Phi) is 4.19. The Morgan fingerprint density at radius 2 is 2.06 bits per heavy atom. The lowest BCUT2D eigenvalue weighted by atomic mass is 10.1. The van der Waals surface area contributed by atoms with Crippen LogP contribution in [0.5, 0.6) is 0 Å². The average Bonchev–Trinajstić information content (AvgIpc) is 2.82. The lowest BCUT2D eigenvalue weighted by molar-refractivity contribution is 0.0945. The van der Waals surface area contributed by atoms with E-state index < -0.39 is 0 Å². The Labute approximate surface area is 108 Å². The maximum absolute atomic E-state index is 12.2. The number of Topliss-reactive ketones (excluding diaryl/α,β-unsaturated/α-hetero) is 1. The molecule has 17 heavy (non-hydrogen) atoms. The van der Waals surface area contributed by atoms with Crippen LogP contribution in [-0.4, -0.2) is 30.3 Å². The van der Waals surface area contributed by atoms with Crippen LogP contribution in [0.1, 0.15) is 35.7 Å². The molecule has 0 spiro atoms. The highest BCUT2D eigenvalue weighted by molar-refractivity contribution is 6.34. The molecular formula is C14H18ClNO. The van der Waals surface area contributed by atoms with E-state index >= 15 is 0 Å². The Balaban J connectivity index is 2.11. The van der Waals surface area contributed by atoms with Crippen LogP contribution in [0.15, 0.2) is 18.2 Å². The van der Waals surface area contributed by atoms with Crippen LogP contribution in [0, 0.1) is 0 Å². The molecule has 0 bridgehead atoms. The molecule has 0 radical (unpaired) electrons. The van der Waals surface area contributed by atoms with Crippen LogP contribution in [0.3, 0.4) is 0 Å². The van der Waals surface area contributed by atoms with E-state index in [0.717, 1.165) is 19.5 Å². The summed E-state index contributed by atoms with van der Waals surface area (Å²) in [4.78, 5) is 14.4. The van der Waals surface area contributed by atoms with Crippen molar-refractivity contribution < 1.29 is 4.79 Å². The van der Waals surface area contributed by atoms with Gasteiger partial charge in [-0.1, -0.05) is 24.6 Å². The Bertz CT molecular complexity index is 411. The van der Waals surface area contributed by atoms with Crippen molar-refractivity contribution in [3.05, 3.63) is 34.3 Å². The molecule has 0 amide bonds. The molecule has 1 fully saturated rings. The molecule has 2 rings (SSSR count). The summed E-state index contributed by atoms with van der Waals surface area (Å²) in [6.07, 6.45) is 3.34. The predicted octanol–water partition coefficient (Wildman–Crippen LogP) is 3.18. The highest BCUT2D eigenvalue weighted by Gasteiger charge is 2.18. The molecule has 0 saturated carbocycles. The van der Waals surface area contributed by atoms with Crippen LogP contribution in [0.25, 0.3) is 0 Å². The van der Waals surface area contributed by atoms with E-state index in [2.05, 4.69) is 11.8 Å². The van der Waals surface area contributed by atoms with Gasteiger partial charge in [-0.3, -0.25) is 9.69 Å². The number of carbonyl (C=O) groups excluding carboxylic acids is 1. The zero-order valence-electron chi connectivity index (χ0n) is 10.2. The molecule has 0 aromatic heterocycles. The van der Waals surface area contributed by atoms with Crippen molar-refractivity contribution in [1.82, 2.24) is 4.90 Å². The monoisotopic (exact) mass is 251 g/mol. The number of benzene rings is 1. The number of halogens is 1. The summed E-state index contributed by atoms with van der Waals surface area (Å²) in [7, 11) is 0. The highest BCUT2D eigenvalue weighted by atomic mass is 35.5. The van der Waals surface area contributed by atoms with Gasteiger partial charge in [0.25, 0.3) is 0 Å². The molecule has 1 aliphatic rings. The van der Waals surface area contributed by atoms with Crippen molar-refractivity contribution in [2.75, 3.05) is 19.6 Å². The number of nitrogens with zero attached hydrogens (tertiary/aromatic N) is 1. The zero-order valence-corrected chi connectivity index (χ0v) is 11.0. The van der Waals surface area contributed by atoms with E-state index in [0.29, 0.717) is 17.1 Å². The Hall–Kier alpha value is -0.860. The minimum atomic E-state index is 0.146. The van der Waals surface area contributed by atoms with Gasteiger partial charge in [-0.15, -0.1) is 0 Å². The lowest BCUT2D eigenvalue weighted by Gasteiger charge is -2.14. The first-order chi connectivity index (χ1) is 8.20. The predicted molar refractivity (Wildman–Crippen MR) is 70.8 cm³/mol. The first kappa shape index (κ1) is 12.6. The van der Waals surface area contributed by atoms with E-state index in [-0.39, 0.29) is 5.78 Å². The van der Waals surface area contributed by atoms with E-state index in [1.807, 2.05) is 18.2 Å². The number of hydrogen-bond acceptors (Lipinski definition) is 2. The summed E-state index contributed by atoms with van der Waals surface area (Å²) < 4.78 is 0. The van der Waals surface area contributed by atoms with Crippen molar-refractivity contribution in [2.24, 2.45) is 0 Å². The quantitative estimate of drug-likeness (QED) is 0.766. The molecule has 1 aliphatic heterocycles. The lowest BCUT2D eigenvalue weighted by Crippen LogP contribution is -2.27. The number of ketones is 1. The summed E-state index contributed by atoms with van der Waals surface area (Å²) in [6, 6.07) is 5.74. The highest BCUT2D eigenvalue weighted by Crippen LogP contribution is 2.19. The number of aryl methyl sites for hydroxylation is 1. The molecule has 0 N–H and O–H groups in total. The van der Waals surface area contributed by atoms with Gasteiger partial charge in [-0.2, -0.15) is 0 Å². The topological polar surface area (TPSA) is 20.3 Å². The van der Waals surface area contributed by atoms with Crippen LogP contribution >= 0.6 is 11.6 Å². The van der Waals surface area contributed by atoms with Crippen molar-refractivity contribution >= 4 is 17.4 Å². The summed E-state index contributed by atoms with van der Waals surface area (Å²) >= 11 is 6.09. The van der Waals surface area contributed by atoms with Gasteiger partial charge in [0, 0.05) is 5.56 Å². The molecule has 1 aromatic rings. The van der Waals surface area contributed by atoms with Gasteiger partial charge in [-0.05, 0) is 50.0 Å². The maximum atomic E-state index is 12.2. The van der Waals surface area contributed by atoms with Gasteiger partial charge < -0.3 is 0 Å². The summed E-state index contributed by atoms with van der Waals surface area (Å²) in [5, 5.41) is 0.575. The number of likely N-dealkylation sites (tertiary alicyclic amines) is 1.